The van der Waals surface area contributed by atoms with Gasteiger partial charge in [0.25, 0.3) is 0 Å². The van der Waals surface area contributed by atoms with E-state index in [-0.39, 0.29) is 40.5 Å². The minimum absolute atomic E-state index is 0.198. The molecule has 8 aromatic rings. The van der Waals surface area contributed by atoms with Crippen LogP contribution in [-0.2, 0) is 6.40 Å². The Morgan fingerprint density at radius 2 is 1.33 bits per heavy atom. The Labute approximate surface area is 261 Å². The van der Waals surface area contributed by atoms with Crippen LogP contribution in [0.4, 0.5) is 0 Å². The molecule has 1 heterocycles. The van der Waals surface area contributed by atoms with Gasteiger partial charge in [-0.1, -0.05) is 115 Å². The summed E-state index contributed by atoms with van der Waals surface area (Å²) >= 11 is 0. The summed E-state index contributed by atoms with van der Waals surface area (Å²) in [4.78, 5) is 0. The third-order valence-corrected chi connectivity index (χ3v) is 8.41. The molecule has 43 heavy (non-hydrogen) atoms. The number of furan rings is 1. The Balaban J connectivity index is 1.53. The molecule has 0 fully saturated rings. The van der Waals surface area contributed by atoms with E-state index in [4.69, 9.17) is 9.90 Å². The molecule has 0 radical (unpaired) electrons. The van der Waals surface area contributed by atoms with Crippen LogP contribution in [0.3, 0.4) is 0 Å². The minimum Gasteiger partial charge on any atom is -0.456 e. The normalized spacial score (nSPS) is 19.3. The molecule has 2 atom stereocenters. The van der Waals surface area contributed by atoms with Gasteiger partial charge in [0.2, 0.25) is 0 Å². The van der Waals surface area contributed by atoms with Crippen LogP contribution in [0.1, 0.15) is 28.5 Å². The van der Waals surface area contributed by atoms with E-state index in [0.717, 1.165) is 32.7 Å². The first-order chi connectivity index (χ1) is 24.7. The van der Waals surface area contributed by atoms with Crippen molar-refractivity contribution in [3.8, 4) is 33.4 Å². The van der Waals surface area contributed by atoms with Gasteiger partial charge in [0.05, 0.1) is 8.22 Å². The quantitative estimate of drug-likeness (QED) is 0.211. The molecule has 0 saturated heterocycles. The van der Waals surface area contributed by atoms with Crippen LogP contribution < -0.4 is 0 Å². The molecule has 1 nitrogen and oxygen atoms in total. The number of hydrogen-bond donors (Lipinski definition) is 0. The van der Waals surface area contributed by atoms with E-state index in [9.17, 15) is 5.48 Å². The summed E-state index contributed by atoms with van der Waals surface area (Å²) in [5.74, 6) is 0. The number of fused-ring (bicyclic) bond motifs is 6. The molecule has 1 aliphatic rings. The summed E-state index contributed by atoms with van der Waals surface area (Å²) in [6, 6.07) is 32.8. The predicted octanol–water partition coefficient (Wildman–Crippen LogP) is 11.9. The number of para-hydroxylation sites is 1. The molecule has 1 heteroatoms. The van der Waals surface area contributed by atoms with Gasteiger partial charge < -0.3 is 4.42 Å². The highest BCUT2D eigenvalue weighted by Gasteiger charge is 2.23. The maximum absolute atomic E-state index is 9.53. The third-order valence-electron chi connectivity index (χ3n) is 8.41. The summed E-state index contributed by atoms with van der Waals surface area (Å²) in [7, 11) is 0. The fourth-order valence-electron chi connectivity index (χ4n) is 6.51. The Kier molecular flexibility index (Phi) is 3.90. The zero-order chi connectivity index (χ0) is 35.3. The van der Waals surface area contributed by atoms with Gasteiger partial charge in [-0.2, -0.15) is 0 Å². The standard InChI is InChI=1S/C42H28O/c1-2-12-27(13-3-1)30-24-28-14-4-5-15-31(28)38(26-30)42-35-19-8-6-17-33(35)41(34-18-7-9-20-36(34)42)29-22-23-40-37(25-29)32-16-10-11-21-39(32)43-40/h1-8,10-19,21-26H,9,20H2/i6D,7D,8D,9D,17D,18D,19D,20D. The first-order valence-electron chi connectivity index (χ1n) is 18.4. The van der Waals surface area contributed by atoms with Gasteiger partial charge in [0.15, 0.2) is 0 Å². The lowest BCUT2D eigenvalue weighted by Gasteiger charge is -2.25. The number of hydrogen-bond acceptors (Lipinski definition) is 1. The van der Waals surface area contributed by atoms with E-state index in [0.29, 0.717) is 39.0 Å². The Morgan fingerprint density at radius 1 is 0.581 bits per heavy atom. The van der Waals surface area contributed by atoms with Crippen LogP contribution in [0.25, 0.3) is 82.9 Å². The van der Waals surface area contributed by atoms with Crippen molar-refractivity contribution in [1.82, 2.24) is 0 Å². The first-order valence-corrected chi connectivity index (χ1v) is 14.3. The topological polar surface area (TPSA) is 13.1 Å². The van der Waals surface area contributed by atoms with Crippen LogP contribution >= 0.6 is 0 Å². The zero-order valence-electron chi connectivity index (χ0n) is 31.0. The molecule has 0 aliphatic heterocycles. The van der Waals surface area contributed by atoms with Crippen molar-refractivity contribution in [3.05, 3.63) is 151 Å². The summed E-state index contributed by atoms with van der Waals surface area (Å²) in [5, 5.41) is 3.75. The van der Waals surface area contributed by atoms with Crippen LogP contribution in [0.15, 0.2) is 144 Å². The van der Waals surface area contributed by atoms with Gasteiger partial charge in [-0.05, 0) is 109 Å². The number of rotatable bonds is 3. The molecule has 9 rings (SSSR count). The number of benzene rings is 7. The van der Waals surface area contributed by atoms with Gasteiger partial charge in [0.1, 0.15) is 11.2 Å². The van der Waals surface area contributed by atoms with Crippen molar-refractivity contribution < 1.29 is 15.4 Å². The monoisotopic (exact) mass is 556 g/mol. The molecule has 1 aliphatic carbocycles. The lowest BCUT2D eigenvalue weighted by atomic mass is 9.79. The van der Waals surface area contributed by atoms with Gasteiger partial charge in [-0.15, -0.1) is 0 Å². The van der Waals surface area contributed by atoms with Crippen LogP contribution in [0.5, 0.6) is 0 Å². The average Bonchev–Trinajstić information content (AvgIpc) is 3.54. The highest BCUT2D eigenvalue weighted by Crippen LogP contribution is 2.47. The van der Waals surface area contributed by atoms with E-state index in [1.807, 2.05) is 97.1 Å². The molecule has 0 amide bonds. The van der Waals surface area contributed by atoms with E-state index in [1.165, 1.54) is 0 Å². The molecule has 2 unspecified atom stereocenters. The van der Waals surface area contributed by atoms with E-state index < -0.39 is 24.9 Å². The largest absolute Gasteiger partial charge is 0.456 e. The maximum Gasteiger partial charge on any atom is 0.135 e. The fourth-order valence-corrected chi connectivity index (χ4v) is 6.51. The smallest absolute Gasteiger partial charge is 0.135 e. The molecule has 7 aromatic carbocycles. The maximum atomic E-state index is 9.53. The average molecular weight is 557 g/mol. The summed E-state index contributed by atoms with van der Waals surface area (Å²) in [6.07, 6.45) is -2.70. The molecule has 0 spiro atoms. The van der Waals surface area contributed by atoms with E-state index in [1.54, 1.807) is 6.07 Å². The molecular formula is C42H28O. The van der Waals surface area contributed by atoms with Gasteiger partial charge in [0, 0.05) is 13.5 Å². The zero-order valence-corrected chi connectivity index (χ0v) is 23.0. The van der Waals surface area contributed by atoms with Crippen LogP contribution in [0, 0.1) is 0 Å². The van der Waals surface area contributed by atoms with Gasteiger partial charge in [-0.25, -0.2) is 0 Å². The third kappa shape index (κ3) is 3.78. The second kappa shape index (κ2) is 9.58. The highest BCUT2D eigenvalue weighted by molar-refractivity contribution is 6.15. The van der Waals surface area contributed by atoms with Crippen molar-refractivity contribution in [2.45, 2.75) is 12.8 Å². The highest BCUT2D eigenvalue weighted by atomic mass is 16.3. The molecular weight excluding hydrogens is 520 g/mol. The molecule has 202 valence electrons. The predicted molar refractivity (Wildman–Crippen MR) is 182 cm³/mol. The van der Waals surface area contributed by atoms with Crippen molar-refractivity contribution in [1.29, 1.82) is 0 Å². The SMILES string of the molecule is [2H]C1=C([2H])C([2H])C([2H])c2c1c(-c1ccc3oc4ccccc4c3c1)c1c([2H])c([2H])c([2H])c([2H])c1c2-c1cc(-c2ccccc2)cc2ccccc12. The second-order valence-electron chi connectivity index (χ2n) is 10.8. The molecule has 0 N–H and O–H groups in total. The number of allylic oxidation sites excluding steroid dienone is 1. The Hall–Kier alpha value is -5.40. The lowest BCUT2D eigenvalue weighted by Crippen LogP contribution is -2.03. The van der Waals surface area contributed by atoms with E-state index >= 15 is 0 Å². The van der Waals surface area contributed by atoms with E-state index in [2.05, 4.69) is 6.07 Å². The van der Waals surface area contributed by atoms with Crippen molar-refractivity contribution in [2.75, 3.05) is 0 Å². The summed E-state index contributed by atoms with van der Waals surface area (Å²) < 4.78 is 79.4. The second-order valence-corrected chi connectivity index (χ2v) is 10.8. The first kappa shape index (κ1) is 17.5. The Bertz CT molecular complexity index is 2800. The Morgan fingerprint density at radius 3 is 2.21 bits per heavy atom. The van der Waals surface area contributed by atoms with Gasteiger partial charge in [-0.3, -0.25) is 0 Å². The summed E-state index contributed by atoms with van der Waals surface area (Å²) in [6.45, 7) is 0. The molecule has 0 saturated carbocycles. The van der Waals surface area contributed by atoms with Crippen molar-refractivity contribution in [2.24, 2.45) is 0 Å². The summed E-state index contributed by atoms with van der Waals surface area (Å²) in [5.41, 5.74) is 5.58. The lowest BCUT2D eigenvalue weighted by molar-refractivity contribution is 0.669. The minimum atomic E-state index is -1.38. The molecule has 0 bridgehead atoms. The molecule has 1 aromatic heterocycles. The van der Waals surface area contributed by atoms with Crippen LogP contribution in [-0.4, -0.2) is 0 Å². The fraction of sp³-hybridized carbons (Fsp3) is 0.0476. The van der Waals surface area contributed by atoms with Crippen molar-refractivity contribution in [3.63, 3.8) is 0 Å². The van der Waals surface area contributed by atoms with Crippen LogP contribution in [0.2, 0.25) is 0 Å². The van der Waals surface area contributed by atoms with Gasteiger partial charge >= 0.3 is 0 Å². The van der Waals surface area contributed by atoms with Crippen molar-refractivity contribution >= 4 is 49.5 Å².